The van der Waals surface area contributed by atoms with Crippen molar-refractivity contribution in [3.63, 3.8) is 0 Å². The number of hydrogen-bond acceptors (Lipinski definition) is 8. The lowest BCUT2D eigenvalue weighted by atomic mass is 10.0. The zero-order valence-electron chi connectivity index (χ0n) is 17.6. The summed E-state index contributed by atoms with van der Waals surface area (Å²) in [7, 11) is 0. The molecule has 0 saturated carbocycles. The third-order valence-electron chi connectivity index (χ3n) is 4.53. The van der Waals surface area contributed by atoms with E-state index >= 15 is 0 Å². The van der Waals surface area contributed by atoms with Crippen LogP contribution >= 0.6 is 0 Å². The van der Waals surface area contributed by atoms with Crippen molar-refractivity contribution in [1.29, 1.82) is 5.26 Å². The summed E-state index contributed by atoms with van der Waals surface area (Å²) >= 11 is 0. The van der Waals surface area contributed by atoms with E-state index in [1.54, 1.807) is 30.5 Å². The molecule has 4 N–H and O–H groups in total. The van der Waals surface area contributed by atoms with Crippen molar-refractivity contribution >= 4 is 29.4 Å². The van der Waals surface area contributed by atoms with E-state index in [4.69, 9.17) is 30.9 Å². The maximum absolute atomic E-state index is 12.0. The van der Waals surface area contributed by atoms with Crippen LogP contribution in [0.1, 0.15) is 15.9 Å². The molecule has 0 aromatic heterocycles. The molecule has 3 rings (SSSR count). The first kappa shape index (κ1) is 22.9. The van der Waals surface area contributed by atoms with E-state index in [9.17, 15) is 9.59 Å². The molecule has 166 valence electrons. The van der Waals surface area contributed by atoms with Crippen LogP contribution in [-0.4, -0.2) is 25.2 Å². The van der Waals surface area contributed by atoms with Gasteiger partial charge in [-0.2, -0.15) is 0 Å². The second-order valence-electron chi connectivity index (χ2n) is 6.82. The number of hydrogen-bond donors (Lipinski definition) is 2. The maximum atomic E-state index is 12.0. The number of nitrogens with zero attached hydrogens (tertiary/aromatic N) is 1. The molecule has 0 atom stereocenters. The topological polar surface area (TPSA) is 138 Å². The summed E-state index contributed by atoms with van der Waals surface area (Å²) in [6.07, 6.45) is 4.54. The number of nitrogens with two attached hydrogens (primary N) is 2. The fourth-order valence-electron chi connectivity index (χ4n) is 2.87. The molecule has 0 fully saturated rings. The SMILES string of the molecule is N#COc1ccc(-c2ccc(/C=C/C(=O)OCCOC(=O)c3cc(N)ccc3N)cc2)cc1. The summed E-state index contributed by atoms with van der Waals surface area (Å²) in [6.45, 7) is -0.207. The smallest absolute Gasteiger partial charge is 0.340 e. The molecular weight excluding hydrogens is 422 g/mol. The van der Waals surface area contributed by atoms with Gasteiger partial charge in [-0.1, -0.05) is 36.4 Å². The Kier molecular flexibility index (Phi) is 7.65. The van der Waals surface area contributed by atoms with Gasteiger partial charge in [0.15, 0.2) is 0 Å². The highest BCUT2D eigenvalue weighted by atomic mass is 16.6. The molecule has 0 aliphatic rings. The normalized spacial score (nSPS) is 10.4. The summed E-state index contributed by atoms with van der Waals surface area (Å²) in [5.41, 5.74) is 14.9. The highest BCUT2D eigenvalue weighted by molar-refractivity contribution is 5.96. The summed E-state index contributed by atoms with van der Waals surface area (Å²) in [4.78, 5) is 23.9. The number of nitrogen functional groups attached to an aromatic ring is 2. The first-order valence-electron chi connectivity index (χ1n) is 9.89. The van der Waals surface area contributed by atoms with Gasteiger partial charge in [-0.3, -0.25) is 0 Å². The summed E-state index contributed by atoms with van der Waals surface area (Å²) in [6, 6.07) is 19.2. The summed E-state index contributed by atoms with van der Waals surface area (Å²) in [5, 5.41) is 8.53. The molecule has 3 aromatic carbocycles. The van der Waals surface area contributed by atoms with Gasteiger partial charge in [0.05, 0.1) is 5.56 Å². The average Bonchev–Trinajstić information content (AvgIpc) is 2.83. The molecule has 0 saturated heterocycles. The Labute approximate surface area is 190 Å². The van der Waals surface area contributed by atoms with Crippen molar-refractivity contribution in [3.8, 4) is 23.1 Å². The highest BCUT2D eigenvalue weighted by Gasteiger charge is 2.11. The molecule has 0 amide bonds. The Morgan fingerprint density at radius 3 is 2.18 bits per heavy atom. The van der Waals surface area contributed by atoms with Gasteiger partial charge in [0.1, 0.15) is 19.0 Å². The molecule has 3 aromatic rings. The summed E-state index contributed by atoms with van der Waals surface area (Å²) < 4.78 is 14.9. The van der Waals surface area contributed by atoms with Gasteiger partial charge >= 0.3 is 11.9 Å². The maximum Gasteiger partial charge on any atom is 0.340 e. The fourth-order valence-corrected chi connectivity index (χ4v) is 2.87. The highest BCUT2D eigenvalue weighted by Crippen LogP contribution is 2.23. The van der Waals surface area contributed by atoms with Crippen molar-refractivity contribution < 1.29 is 23.8 Å². The molecule has 33 heavy (non-hydrogen) atoms. The minimum absolute atomic E-state index is 0.0957. The lowest BCUT2D eigenvalue weighted by Crippen LogP contribution is -2.14. The van der Waals surface area contributed by atoms with Crippen LogP contribution in [0.25, 0.3) is 17.2 Å². The molecule has 0 bridgehead atoms. The lowest BCUT2D eigenvalue weighted by Gasteiger charge is -2.08. The van der Waals surface area contributed by atoms with Gasteiger partial charge in [0, 0.05) is 17.5 Å². The number of ether oxygens (including phenoxy) is 3. The number of anilines is 2. The number of carbonyl (C=O) groups is 2. The van der Waals surface area contributed by atoms with E-state index < -0.39 is 11.9 Å². The largest absolute Gasteiger partial charge is 0.459 e. The van der Waals surface area contributed by atoms with Gasteiger partial charge in [-0.25, -0.2) is 9.59 Å². The van der Waals surface area contributed by atoms with Crippen LogP contribution in [0.5, 0.6) is 5.75 Å². The van der Waals surface area contributed by atoms with Crippen LogP contribution in [0.4, 0.5) is 11.4 Å². The minimum Gasteiger partial charge on any atom is -0.459 e. The van der Waals surface area contributed by atoms with Crippen molar-refractivity contribution in [2.24, 2.45) is 0 Å². The van der Waals surface area contributed by atoms with Crippen molar-refractivity contribution in [3.05, 3.63) is 83.9 Å². The predicted octanol–water partition coefficient (Wildman–Crippen LogP) is 3.79. The van der Waals surface area contributed by atoms with Gasteiger partial charge < -0.3 is 25.7 Å². The Hall–Kier alpha value is -4.77. The second kappa shape index (κ2) is 11.0. The number of rotatable bonds is 8. The molecular formula is C25H21N3O5. The Bertz CT molecular complexity index is 1200. The van der Waals surface area contributed by atoms with E-state index in [0.717, 1.165) is 16.7 Å². The third-order valence-corrected chi connectivity index (χ3v) is 4.53. The van der Waals surface area contributed by atoms with E-state index in [-0.39, 0.29) is 24.5 Å². The van der Waals surface area contributed by atoms with Crippen LogP contribution in [0.2, 0.25) is 0 Å². The molecule has 0 spiro atoms. The van der Waals surface area contributed by atoms with Gasteiger partial charge in [0.25, 0.3) is 6.26 Å². The molecule has 8 heteroatoms. The monoisotopic (exact) mass is 443 g/mol. The van der Waals surface area contributed by atoms with E-state index in [0.29, 0.717) is 11.4 Å². The van der Waals surface area contributed by atoms with Crippen LogP contribution in [0, 0.1) is 11.5 Å². The number of carbonyl (C=O) groups excluding carboxylic acids is 2. The zero-order chi connectivity index (χ0) is 23.6. The fraction of sp³-hybridized carbons (Fsp3) is 0.0800. The van der Waals surface area contributed by atoms with E-state index in [1.807, 2.05) is 36.4 Å². The van der Waals surface area contributed by atoms with Crippen molar-refractivity contribution in [2.75, 3.05) is 24.7 Å². The molecule has 0 heterocycles. The molecule has 8 nitrogen and oxygen atoms in total. The Balaban J connectivity index is 1.45. The van der Waals surface area contributed by atoms with Crippen LogP contribution < -0.4 is 16.2 Å². The number of benzene rings is 3. The lowest BCUT2D eigenvalue weighted by molar-refractivity contribution is -0.138. The van der Waals surface area contributed by atoms with Gasteiger partial charge in [-0.05, 0) is 53.1 Å². The molecule has 0 aliphatic heterocycles. The number of nitriles is 1. The molecule has 0 aliphatic carbocycles. The standard InChI is InChI=1S/C25H21N3O5/c26-16-33-21-9-6-19(7-10-21)18-4-1-17(2-5-18)3-12-24(29)31-13-14-32-25(30)22-15-20(27)8-11-23(22)28/h1-12,15H,13-14,27-28H2/b12-3+. The minimum atomic E-state index is -0.640. The first-order chi connectivity index (χ1) is 16.0. The first-order valence-corrected chi connectivity index (χ1v) is 9.89. The van der Waals surface area contributed by atoms with Crippen LogP contribution in [0.3, 0.4) is 0 Å². The Morgan fingerprint density at radius 1 is 0.879 bits per heavy atom. The van der Waals surface area contributed by atoms with Crippen molar-refractivity contribution in [2.45, 2.75) is 0 Å². The van der Waals surface area contributed by atoms with Gasteiger partial charge in [0.2, 0.25) is 0 Å². The zero-order valence-corrected chi connectivity index (χ0v) is 17.6. The van der Waals surface area contributed by atoms with Crippen LogP contribution in [-0.2, 0) is 14.3 Å². The predicted molar refractivity (Wildman–Crippen MR) is 124 cm³/mol. The number of esters is 2. The van der Waals surface area contributed by atoms with E-state index in [2.05, 4.69) is 0 Å². The summed E-state index contributed by atoms with van der Waals surface area (Å²) in [5.74, 6) is -0.728. The molecule has 0 radical (unpaired) electrons. The quantitative estimate of drug-likeness (QED) is 0.176. The third kappa shape index (κ3) is 6.60. The average molecular weight is 443 g/mol. The van der Waals surface area contributed by atoms with Gasteiger partial charge in [-0.15, -0.1) is 5.26 Å². The van der Waals surface area contributed by atoms with Crippen LogP contribution in [0.15, 0.2) is 72.8 Å². The van der Waals surface area contributed by atoms with E-state index in [1.165, 1.54) is 18.2 Å². The second-order valence-corrected chi connectivity index (χ2v) is 6.82. The van der Waals surface area contributed by atoms with Crippen molar-refractivity contribution in [1.82, 2.24) is 0 Å². The Morgan fingerprint density at radius 2 is 1.52 bits per heavy atom. The molecule has 0 unspecified atom stereocenters.